The van der Waals surface area contributed by atoms with Gasteiger partial charge in [-0.1, -0.05) is 48.2 Å². The van der Waals surface area contributed by atoms with Crippen LogP contribution in [-0.4, -0.2) is 37.9 Å². The molecule has 2 aromatic rings. The number of aromatic amines is 1. The van der Waals surface area contributed by atoms with Gasteiger partial charge in [0.1, 0.15) is 0 Å². The van der Waals surface area contributed by atoms with E-state index in [4.69, 9.17) is 0 Å². The van der Waals surface area contributed by atoms with Gasteiger partial charge in [0.05, 0.1) is 12.3 Å². The van der Waals surface area contributed by atoms with Crippen molar-refractivity contribution in [3.63, 3.8) is 0 Å². The largest absolute Gasteiger partial charge is 0.344 e. The molecule has 0 radical (unpaired) electrons. The molecule has 0 bridgehead atoms. The minimum Gasteiger partial charge on any atom is -0.316 e. The van der Waals surface area contributed by atoms with Gasteiger partial charge in [0.2, 0.25) is 5.91 Å². The Kier molecular flexibility index (Phi) is 6.33. The Morgan fingerprint density at radius 1 is 1.31 bits per heavy atom. The molecule has 1 heterocycles. The van der Waals surface area contributed by atoms with E-state index >= 15 is 0 Å². The van der Waals surface area contributed by atoms with E-state index in [0.717, 1.165) is 30.5 Å². The van der Waals surface area contributed by atoms with Gasteiger partial charge in [0.25, 0.3) is 0 Å². The third kappa shape index (κ3) is 4.46. The van der Waals surface area contributed by atoms with E-state index < -0.39 is 0 Å². The number of aromatic nitrogens is 3. The summed E-state index contributed by atoms with van der Waals surface area (Å²) in [6.07, 6.45) is 6.52. The van der Waals surface area contributed by atoms with Crippen molar-refractivity contribution in [1.82, 2.24) is 19.7 Å². The van der Waals surface area contributed by atoms with E-state index in [2.05, 4.69) is 16.3 Å². The summed E-state index contributed by atoms with van der Waals surface area (Å²) in [7, 11) is 0. The lowest BCUT2D eigenvalue weighted by molar-refractivity contribution is -0.126. The summed E-state index contributed by atoms with van der Waals surface area (Å²) in [4.78, 5) is 26.6. The lowest BCUT2D eigenvalue weighted by atomic mass is 10.0. The average Bonchev–Trinajstić information content (AvgIpc) is 3.02. The van der Waals surface area contributed by atoms with E-state index in [0.29, 0.717) is 18.2 Å². The normalized spacial score (nSPS) is 14.1. The topological polar surface area (TPSA) is 71.0 Å². The Labute approximate surface area is 157 Å². The standard InChI is InChI=1S/C19H24N4O2S/c1-2-22(16-11-7-4-8-12-16)17(24)14-26-19-21-20-18(25)23(19)13-15-9-5-3-6-10-15/h3,5-6,9-11H,2,4,7-8,12-14H2,1H3,(H,20,25). The minimum atomic E-state index is -0.258. The molecule has 0 atom stereocenters. The molecule has 0 saturated carbocycles. The van der Waals surface area contributed by atoms with Gasteiger partial charge in [-0.2, -0.15) is 0 Å². The van der Waals surface area contributed by atoms with Crippen molar-refractivity contribution in [2.75, 3.05) is 12.3 Å². The Balaban J connectivity index is 1.67. The molecule has 0 fully saturated rings. The first-order valence-corrected chi connectivity index (χ1v) is 9.99. The van der Waals surface area contributed by atoms with Gasteiger partial charge in [0, 0.05) is 12.2 Å². The van der Waals surface area contributed by atoms with Crippen LogP contribution in [0.4, 0.5) is 0 Å². The lowest BCUT2D eigenvalue weighted by Crippen LogP contribution is -2.32. The maximum absolute atomic E-state index is 12.7. The number of rotatable bonds is 7. The van der Waals surface area contributed by atoms with E-state index in [1.165, 1.54) is 18.2 Å². The number of nitrogens with one attached hydrogen (secondary N) is 1. The summed E-state index contributed by atoms with van der Waals surface area (Å²) in [5.74, 6) is 0.330. The summed E-state index contributed by atoms with van der Waals surface area (Å²) in [6.45, 7) is 3.11. The zero-order valence-corrected chi connectivity index (χ0v) is 15.8. The highest BCUT2D eigenvalue weighted by Crippen LogP contribution is 2.23. The molecule has 1 aliphatic carbocycles. The fourth-order valence-electron chi connectivity index (χ4n) is 3.13. The molecule has 0 unspecified atom stereocenters. The van der Waals surface area contributed by atoms with Gasteiger partial charge >= 0.3 is 5.69 Å². The molecule has 138 valence electrons. The lowest BCUT2D eigenvalue weighted by Gasteiger charge is -2.26. The van der Waals surface area contributed by atoms with Crippen molar-refractivity contribution in [3.05, 3.63) is 58.2 Å². The summed E-state index contributed by atoms with van der Waals surface area (Å²) in [6, 6.07) is 9.75. The quantitative estimate of drug-likeness (QED) is 0.759. The molecule has 1 aromatic carbocycles. The molecule has 1 amide bonds. The summed E-state index contributed by atoms with van der Waals surface area (Å²) in [5.41, 5.74) is 1.89. The highest BCUT2D eigenvalue weighted by Gasteiger charge is 2.19. The first-order chi connectivity index (χ1) is 12.7. The molecular formula is C19H24N4O2S. The molecule has 0 saturated heterocycles. The highest BCUT2D eigenvalue weighted by molar-refractivity contribution is 7.99. The van der Waals surface area contributed by atoms with Gasteiger partial charge in [-0.15, -0.1) is 5.10 Å². The number of thioether (sulfide) groups is 1. The second-order valence-corrected chi connectivity index (χ2v) is 7.19. The number of carbonyl (C=O) groups is 1. The first-order valence-electron chi connectivity index (χ1n) is 9.00. The second-order valence-electron chi connectivity index (χ2n) is 6.25. The number of H-pyrrole nitrogens is 1. The number of allylic oxidation sites excluding steroid dienone is 2. The molecule has 7 heteroatoms. The smallest absolute Gasteiger partial charge is 0.316 e. The van der Waals surface area contributed by atoms with Crippen molar-refractivity contribution in [2.24, 2.45) is 0 Å². The molecule has 3 rings (SSSR count). The van der Waals surface area contributed by atoms with Crippen LogP contribution in [0.5, 0.6) is 0 Å². The predicted molar refractivity (Wildman–Crippen MR) is 103 cm³/mol. The minimum absolute atomic E-state index is 0.0624. The zero-order valence-electron chi connectivity index (χ0n) is 15.0. The van der Waals surface area contributed by atoms with Crippen LogP contribution in [0, 0.1) is 0 Å². The Morgan fingerprint density at radius 2 is 2.12 bits per heavy atom. The van der Waals surface area contributed by atoms with E-state index in [1.807, 2.05) is 42.2 Å². The molecule has 0 aliphatic heterocycles. The average molecular weight is 372 g/mol. The summed E-state index contributed by atoms with van der Waals surface area (Å²) in [5, 5.41) is 7.12. The van der Waals surface area contributed by atoms with Gasteiger partial charge in [0.15, 0.2) is 5.16 Å². The summed E-state index contributed by atoms with van der Waals surface area (Å²) >= 11 is 1.31. The van der Waals surface area contributed by atoms with Crippen LogP contribution >= 0.6 is 11.8 Å². The fourth-order valence-corrected chi connectivity index (χ4v) is 3.95. The number of amides is 1. The molecule has 26 heavy (non-hydrogen) atoms. The zero-order chi connectivity index (χ0) is 18.4. The van der Waals surface area contributed by atoms with Gasteiger partial charge < -0.3 is 4.90 Å². The number of hydrogen-bond acceptors (Lipinski definition) is 4. The number of hydrogen-bond donors (Lipinski definition) is 1. The van der Waals surface area contributed by atoms with Crippen LogP contribution in [0.15, 0.2) is 52.1 Å². The molecule has 0 spiro atoms. The van der Waals surface area contributed by atoms with Crippen molar-refractivity contribution >= 4 is 17.7 Å². The van der Waals surface area contributed by atoms with E-state index in [1.54, 1.807) is 4.57 Å². The Morgan fingerprint density at radius 3 is 2.81 bits per heavy atom. The van der Waals surface area contributed by atoms with Crippen molar-refractivity contribution in [1.29, 1.82) is 0 Å². The molecular weight excluding hydrogens is 348 g/mol. The van der Waals surface area contributed by atoms with Crippen LogP contribution in [0.2, 0.25) is 0 Å². The number of nitrogens with zero attached hydrogens (tertiary/aromatic N) is 3. The van der Waals surface area contributed by atoms with Crippen molar-refractivity contribution in [2.45, 2.75) is 44.3 Å². The highest BCUT2D eigenvalue weighted by atomic mass is 32.2. The second kappa shape index (κ2) is 8.89. The Bertz CT molecular complexity index is 826. The van der Waals surface area contributed by atoms with Crippen molar-refractivity contribution in [3.8, 4) is 0 Å². The summed E-state index contributed by atoms with van der Waals surface area (Å²) < 4.78 is 1.57. The third-order valence-corrected chi connectivity index (χ3v) is 5.42. The predicted octanol–water partition coefficient (Wildman–Crippen LogP) is 3.02. The number of benzene rings is 1. The molecule has 1 aromatic heterocycles. The molecule has 1 aliphatic rings. The van der Waals surface area contributed by atoms with Crippen LogP contribution in [0.1, 0.15) is 38.2 Å². The monoisotopic (exact) mass is 372 g/mol. The van der Waals surface area contributed by atoms with Gasteiger partial charge in [-0.3, -0.25) is 9.36 Å². The molecule has 1 N–H and O–H groups in total. The van der Waals surface area contributed by atoms with E-state index in [-0.39, 0.29) is 17.3 Å². The fraction of sp³-hybridized carbons (Fsp3) is 0.421. The van der Waals surface area contributed by atoms with Crippen LogP contribution in [0.3, 0.4) is 0 Å². The van der Waals surface area contributed by atoms with Crippen LogP contribution in [-0.2, 0) is 11.3 Å². The van der Waals surface area contributed by atoms with E-state index in [9.17, 15) is 9.59 Å². The maximum atomic E-state index is 12.7. The Hall–Kier alpha value is -2.28. The van der Waals surface area contributed by atoms with Crippen LogP contribution < -0.4 is 5.69 Å². The van der Waals surface area contributed by atoms with Gasteiger partial charge in [-0.25, -0.2) is 9.89 Å². The van der Waals surface area contributed by atoms with Gasteiger partial charge in [-0.05, 0) is 38.2 Å². The first kappa shape index (κ1) is 18.5. The van der Waals surface area contributed by atoms with Crippen molar-refractivity contribution < 1.29 is 4.79 Å². The molecule has 6 nitrogen and oxygen atoms in total. The van der Waals surface area contributed by atoms with Crippen LogP contribution in [0.25, 0.3) is 0 Å². The number of carbonyl (C=O) groups excluding carboxylic acids is 1. The SMILES string of the molecule is CCN(C(=O)CSc1n[nH]c(=O)n1Cc1ccccc1)C1=CCCCC1. The maximum Gasteiger partial charge on any atom is 0.344 e. The third-order valence-electron chi connectivity index (χ3n) is 4.46.